The molecule has 1 aromatic heterocycles. The number of hydrogen-bond acceptors (Lipinski definition) is 5. The minimum atomic E-state index is 0.784. The molecule has 0 atom stereocenters. The monoisotopic (exact) mass is 340 g/mol. The van der Waals surface area contributed by atoms with Crippen LogP contribution in [0.2, 0.25) is 5.02 Å². The number of anilines is 1. The van der Waals surface area contributed by atoms with Crippen molar-refractivity contribution in [2.75, 3.05) is 44.3 Å². The average Bonchev–Trinajstić information content (AvgIpc) is 3.21. The summed E-state index contributed by atoms with van der Waals surface area (Å²) in [7, 11) is 0. The first-order chi connectivity index (χ1) is 10.7. The van der Waals surface area contributed by atoms with Gasteiger partial charge in [0.2, 0.25) is 0 Å². The molecule has 2 aromatic rings. The highest BCUT2D eigenvalue weighted by molar-refractivity contribution is 7.77. The summed E-state index contributed by atoms with van der Waals surface area (Å²) in [5, 5.41) is 8.82. The molecule has 0 saturated carbocycles. The first kappa shape index (κ1) is 15.9. The van der Waals surface area contributed by atoms with Crippen molar-refractivity contribution in [2.24, 2.45) is 0 Å². The lowest BCUT2D eigenvalue weighted by Gasteiger charge is -2.33. The van der Waals surface area contributed by atoms with Gasteiger partial charge in [-0.15, -0.1) is 0 Å². The first-order valence-electron chi connectivity index (χ1n) is 7.63. The van der Waals surface area contributed by atoms with Gasteiger partial charge in [-0.25, -0.2) is 4.31 Å². The Kier molecular flexibility index (Phi) is 5.46. The van der Waals surface area contributed by atoms with Crippen LogP contribution in [0.25, 0.3) is 10.9 Å². The van der Waals surface area contributed by atoms with Crippen LogP contribution in [0.15, 0.2) is 18.3 Å². The molecule has 0 unspecified atom stereocenters. The Labute approximate surface area is 141 Å². The van der Waals surface area contributed by atoms with Crippen LogP contribution in [0.3, 0.4) is 0 Å². The summed E-state index contributed by atoms with van der Waals surface area (Å²) in [4.78, 5) is 2.29. The fourth-order valence-electron chi connectivity index (χ4n) is 2.64. The van der Waals surface area contributed by atoms with Gasteiger partial charge in [0.1, 0.15) is 0 Å². The van der Waals surface area contributed by atoms with Crippen LogP contribution >= 0.6 is 24.4 Å². The lowest BCUT2D eigenvalue weighted by atomic mass is 10.2. The summed E-state index contributed by atoms with van der Waals surface area (Å²) in [6.45, 7) is 5.78. The van der Waals surface area contributed by atoms with E-state index < -0.39 is 0 Å². The number of nitrogens with zero attached hydrogens (tertiary/aromatic N) is 3. The molecule has 0 amide bonds. The molecule has 0 radical (unpaired) electrons. The molecule has 0 aliphatic carbocycles. The van der Waals surface area contributed by atoms with Gasteiger partial charge in [0.05, 0.1) is 22.4 Å². The molecule has 3 heterocycles. The summed E-state index contributed by atoms with van der Waals surface area (Å²) >= 11 is 10.7. The van der Waals surface area contributed by atoms with Gasteiger partial charge in [-0.3, -0.25) is 5.10 Å². The number of nitrogens with one attached hydrogen (secondary N) is 1. The van der Waals surface area contributed by atoms with E-state index in [0.29, 0.717) is 0 Å². The van der Waals surface area contributed by atoms with Crippen LogP contribution in [0.1, 0.15) is 12.8 Å². The van der Waals surface area contributed by atoms with E-state index in [2.05, 4.69) is 34.0 Å². The van der Waals surface area contributed by atoms with Gasteiger partial charge in [-0.1, -0.05) is 24.4 Å². The zero-order valence-electron chi connectivity index (χ0n) is 12.5. The van der Waals surface area contributed by atoms with Crippen LogP contribution in [0.5, 0.6) is 0 Å². The Morgan fingerprint density at radius 2 is 1.86 bits per heavy atom. The Balaban J connectivity index is 0.000000246. The molecule has 2 saturated heterocycles. The van der Waals surface area contributed by atoms with Crippen molar-refractivity contribution in [3.63, 3.8) is 0 Å². The Morgan fingerprint density at radius 1 is 1.14 bits per heavy atom. The Bertz CT molecular complexity index is 601. The van der Waals surface area contributed by atoms with Gasteiger partial charge in [0, 0.05) is 44.8 Å². The lowest BCUT2D eigenvalue weighted by molar-refractivity contribution is 0.198. The smallest absolute Gasteiger partial charge is 0.0672 e. The number of rotatable bonds is 1. The van der Waals surface area contributed by atoms with Crippen molar-refractivity contribution in [3.05, 3.63) is 23.4 Å². The Hall–Kier alpha value is -0.950. The molecule has 4 rings (SSSR count). The maximum absolute atomic E-state index is 6.31. The van der Waals surface area contributed by atoms with Crippen LogP contribution < -0.4 is 4.90 Å². The average molecular weight is 341 g/mol. The molecule has 0 bridgehead atoms. The van der Waals surface area contributed by atoms with Crippen LogP contribution in [0, 0.1) is 0 Å². The minimum Gasteiger partial charge on any atom is -0.381 e. The van der Waals surface area contributed by atoms with Crippen molar-refractivity contribution in [2.45, 2.75) is 12.8 Å². The van der Waals surface area contributed by atoms with Gasteiger partial charge in [-0.05, 0) is 25.0 Å². The van der Waals surface area contributed by atoms with E-state index in [0.717, 1.165) is 61.0 Å². The SMILES string of the molecule is C1CCOC1.SN1CCN(c2cc3[nH]ncc3cc2Cl)CC1. The number of fused-ring (bicyclic) bond motifs is 1. The van der Waals surface area contributed by atoms with Gasteiger partial charge in [0.25, 0.3) is 0 Å². The molecule has 0 spiro atoms. The molecule has 7 heteroatoms. The number of hydrogen-bond donors (Lipinski definition) is 2. The van der Waals surface area contributed by atoms with E-state index >= 15 is 0 Å². The molecule has 2 aliphatic rings. The summed E-state index contributed by atoms with van der Waals surface area (Å²) in [6.07, 6.45) is 4.34. The highest BCUT2D eigenvalue weighted by Crippen LogP contribution is 2.30. The molecular weight excluding hydrogens is 320 g/mol. The highest BCUT2D eigenvalue weighted by Gasteiger charge is 2.17. The number of piperazine rings is 1. The number of thiol groups is 1. The quantitative estimate of drug-likeness (QED) is 0.783. The third-order valence-corrected chi connectivity index (χ3v) is 4.63. The van der Waals surface area contributed by atoms with Gasteiger partial charge in [-0.2, -0.15) is 5.10 Å². The lowest BCUT2D eigenvalue weighted by Crippen LogP contribution is -2.42. The van der Waals surface area contributed by atoms with Crippen molar-refractivity contribution in [1.82, 2.24) is 14.5 Å². The highest BCUT2D eigenvalue weighted by atomic mass is 35.5. The van der Waals surface area contributed by atoms with E-state index in [1.165, 1.54) is 12.8 Å². The Morgan fingerprint density at radius 3 is 2.50 bits per heavy atom. The van der Waals surface area contributed by atoms with Crippen LogP contribution in [-0.2, 0) is 4.74 Å². The first-order valence-corrected chi connectivity index (χ1v) is 8.41. The number of H-pyrrole nitrogens is 1. The standard InChI is InChI=1S/C11H13ClN4S.C4H8O/c12-9-5-8-7-13-14-10(8)6-11(9)15-1-3-16(17)4-2-15;1-2-4-5-3-1/h5-7,17H,1-4H2,(H,13,14);1-4H2. The van der Waals surface area contributed by atoms with Gasteiger partial charge < -0.3 is 9.64 Å². The van der Waals surface area contributed by atoms with Crippen molar-refractivity contribution >= 4 is 41.0 Å². The van der Waals surface area contributed by atoms with Crippen molar-refractivity contribution in [1.29, 1.82) is 0 Å². The third-order valence-electron chi connectivity index (χ3n) is 3.93. The van der Waals surface area contributed by atoms with Crippen molar-refractivity contribution in [3.8, 4) is 0 Å². The summed E-state index contributed by atoms with van der Waals surface area (Å²) < 4.78 is 6.97. The zero-order chi connectivity index (χ0) is 15.4. The molecule has 1 aromatic carbocycles. The topological polar surface area (TPSA) is 44.4 Å². The third kappa shape index (κ3) is 3.87. The van der Waals surface area contributed by atoms with Gasteiger partial charge in [0.15, 0.2) is 0 Å². The number of ether oxygens (including phenoxy) is 1. The second kappa shape index (κ2) is 7.55. The zero-order valence-corrected chi connectivity index (χ0v) is 14.1. The second-order valence-corrected chi connectivity index (χ2v) is 6.49. The van der Waals surface area contributed by atoms with Crippen LogP contribution in [0.4, 0.5) is 5.69 Å². The molecule has 22 heavy (non-hydrogen) atoms. The van der Waals surface area contributed by atoms with Gasteiger partial charge >= 0.3 is 0 Å². The molecule has 5 nitrogen and oxygen atoms in total. The van der Waals surface area contributed by atoms with E-state index in [1.54, 1.807) is 6.20 Å². The largest absolute Gasteiger partial charge is 0.381 e. The fraction of sp³-hybridized carbons (Fsp3) is 0.533. The van der Waals surface area contributed by atoms with E-state index in [9.17, 15) is 0 Å². The van der Waals surface area contributed by atoms with Crippen LogP contribution in [-0.4, -0.2) is 53.9 Å². The molecule has 2 fully saturated rings. The summed E-state index contributed by atoms with van der Waals surface area (Å²) in [5.74, 6) is 0. The number of halogens is 1. The molecule has 120 valence electrons. The number of aromatic nitrogens is 2. The molecule has 1 N–H and O–H groups in total. The fourth-order valence-corrected chi connectivity index (χ4v) is 3.11. The minimum absolute atomic E-state index is 0.784. The maximum Gasteiger partial charge on any atom is 0.0672 e. The van der Waals surface area contributed by atoms with E-state index in [4.69, 9.17) is 16.3 Å². The van der Waals surface area contributed by atoms with E-state index in [1.807, 2.05) is 10.4 Å². The van der Waals surface area contributed by atoms with E-state index in [-0.39, 0.29) is 0 Å². The summed E-state index contributed by atoms with van der Waals surface area (Å²) in [5.41, 5.74) is 2.10. The number of benzene rings is 1. The normalized spacial score (nSPS) is 19.3. The summed E-state index contributed by atoms with van der Waals surface area (Å²) in [6, 6.07) is 4.03. The van der Waals surface area contributed by atoms with Crippen molar-refractivity contribution < 1.29 is 4.74 Å². The predicted molar refractivity (Wildman–Crippen MR) is 93.9 cm³/mol. The molecule has 2 aliphatic heterocycles. The molecular formula is C15H21ClN4OS. The number of aromatic amines is 1. The second-order valence-electron chi connectivity index (χ2n) is 5.52. The predicted octanol–water partition coefficient (Wildman–Crippen LogP) is 2.98. The maximum atomic E-state index is 6.31.